The Labute approximate surface area is 113 Å². The van der Waals surface area contributed by atoms with Gasteiger partial charge in [-0.3, -0.25) is 4.98 Å². The van der Waals surface area contributed by atoms with E-state index in [1.165, 1.54) is 11.1 Å². The largest absolute Gasteiger partial charge is 0.312 e. The lowest BCUT2D eigenvalue weighted by Gasteiger charge is -2.06. The summed E-state index contributed by atoms with van der Waals surface area (Å²) in [6, 6.07) is 6.30. The second kappa shape index (κ2) is 7.43. The van der Waals surface area contributed by atoms with Crippen molar-refractivity contribution in [1.82, 2.24) is 10.3 Å². The maximum Gasteiger partial charge on any atom is 0.0417 e. The molecule has 4 heteroatoms. The zero-order valence-electron chi connectivity index (χ0n) is 9.85. The van der Waals surface area contributed by atoms with Gasteiger partial charge in [0, 0.05) is 18.4 Å². The van der Waals surface area contributed by atoms with E-state index < -0.39 is 0 Å². The van der Waals surface area contributed by atoms with Gasteiger partial charge in [-0.25, -0.2) is 0 Å². The van der Waals surface area contributed by atoms with Gasteiger partial charge in [-0.1, -0.05) is 6.07 Å². The quantitative estimate of drug-likeness (QED) is 0.843. The zero-order valence-corrected chi connectivity index (χ0v) is 11.5. The van der Waals surface area contributed by atoms with Crippen molar-refractivity contribution < 1.29 is 0 Å². The molecule has 0 saturated carbocycles. The molecule has 2 rings (SSSR count). The van der Waals surface area contributed by atoms with Gasteiger partial charge in [-0.15, -0.1) is 12.4 Å². The number of hydrogen-bond acceptors (Lipinski definition) is 3. The lowest BCUT2D eigenvalue weighted by atomic mass is 10.2. The van der Waals surface area contributed by atoms with Crippen molar-refractivity contribution in [2.75, 3.05) is 6.54 Å². The van der Waals surface area contributed by atoms with Crippen LogP contribution < -0.4 is 5.32 Å². The van der Waals surface area contributed by atoms with Gasteiger partial charge in [0.05, 0.1) is 0 Å². The highest BCUT2D eigenvalue weighted by molar-refractivity contribution is 7.07. The van der Waals surface area contributed by atoms with Crippen LogP contribution in [-0.4, -0.2) is 11.5 Å². The van der Waals surface area contributed by atoms with Crippen LogP contribution in [0, 0.1) is 6.92 Å². The summed E-state index contributed by atoms with van der Waals surface area (Å²) in [7, 11) is 0. The highest BCUT2D eigenvalue weighted by atomic mass is 35.5. The Morgan fingerprint density at radius 3 is 2.94 bits per heavy atom. The molecule has 0 amide bonds. The first-order valence-electron chi connectivity index (χ1n) is 5.48. The van der Waals surface area contributed by atoms with Gasteiger partial charge >= 0.3 is 0 Å². The molecule has 0 atom stereocenters. The van der Waals surface area contributed by atoms with Crippen molar-refractivity contribution in [3.05, 3.63) is 52.0 Å². The molecule has 17 heavy (non-hydrogen) atoms. The van der Waals surface area contributed by atoms with Crippen LogP contribution in [0.5, 0.6) is 0 Å². The number of nitrogens with one attached hydrogen (secondary N) is 1. The molecular weight excluding hydrogens is 252 g/mol. The number of aromatic nitrogens is 1. The second-order valence-corrected chi connectivity index (χ2v) is 4.59. The minimum Gasteiger partial charge on any atom is -0.312 e. The molecule has 0 unspecified atom stereocenters. The zero-order chi connectivity index (χ0) is 11.2. The summed E-state index contributed by atoms with van der Waals surface area (Å²) < 4.78 is 0. The molecule has 0 aliphatic rings. The molecule has 0 aliphatic heterocycles. The molecule has 2 heterocycles. The van der Waals surface area contributed by atoms with Crippen molar-refractivity contribution in [2.24, 2.45) is 0 Å². The van der Waals surface area contributed by atoms with Crippen LogP contribution in [0.25, 0.3) is 0 Å². The van der Waals surface area contributed by atoms with Gasteiger partial charge in [0.2, 0.25) is 0 Å². The number of hydrogen-bond donors (Lipinski definition) is 1. The van der Waals surface area contributed by atoms with E-state index in [0.29, 0.717) is 0 Å². The van der Waals surface area contributed by atoms with Crippen molar-refractivity contribution in [3.8, 4) is 0 Å². The van der Waals surface area contributed by atoms with E-state index in [1.54, 1.807) is 11.3 Å². The van der Waals surface area contributed by atoms with Gasteiger partial charge in [-0.2, -0.15) is 11.3 Å². The maximum atomic E-state index is 4.27. The fourth-order valence-electron chi connectivity index (χ4n) is 1.60. The normalized spacial score (nSPS) is 9.94. The van der Waals surface area contributed by atoms with E-state index in [1.807, 2.05) is 12.3 Å². The highest BCUT2D eigenvalue weighted by Crippen LogP contribution is 2.06. The Bertz CT molecular complexity index is 429. The Morgan fingerprint density at radius 1 is 1.35 bits per heavy atom. The molecular formula is C13H17ClN2S. The Balaban J connectivity index is 0.00000144. The molecule has 2 nitrogen and oxygen atoms in total. The summed E-state index contributed by atoms with van der Waals surface area (Å²) in [5.41, 5.74) is 3.82. The number of thiophene rings is 1. The summed E-state index contributed by atoms with van der Waals surface area (Å²) in [6.07, 6.45) is 2.94. The van der Waals surface area contributed by atoms with Crippen LogP contribution in [0.4, 0.5) is 0 Å². The first kappa shape index (κ1) is 14.2. The molecule has 2 aromatic rings. The standard InChI is InChI=1S/C13H16N2S.ClH/c1-11-13(3-2-6-15-11)9-14-7-4-12-5-8-16-10-12;/h2-3,5-6,8,10,14H,4,7,9H2,1H3;1H. The molecule has 0 radical (unpaired) electrons. The van der Waals surface area contributed by atoms with Gasteiger partial charge in [0.1, 0.15) is 0 Å². The number of pyridine rings is 1. The van der Waals surface area contributed by atoms with E-state index in [4.69, 9.17) is 0 Å². The first-order valence-corrected chi connectivity index (χ1v) is 6.43. The van der Waals surface area contributed by atoms with Crippen molar-refractivity contribution in [3.63, 3.8) is 0 Å². The van der Waals surface area contributed by atoms with Crippen LogP contribution in [0.2, 0.25) is 0 Å². The molecule has 0 saturated heterocycles. The van der Waals surface area contributed by atoms with Crippen LogP contribution in [0.1, 0.15) is 16.8 Å². The third kappa shape index (κ3) is 4.46. The minimum absolute atomic E-state index is 0. The Kier molecular flexibility index (Phi) is 6.19. The number of rotatable bonds is 5. The van der Waals surface area contributed by atoms with Crippen molar-refractivity contribution >= 4 is 23.7 Å². The number of halogens is 1. The van der Waals surface area contributed by atoms with Gasteiger partial charge in [0.15, 0.2) is 0 Å². The average molecular weight is 269 g/mol. The maximum absolute atomic E-state index is 4.27. The molecule has 0 spiro atoms. The topological polar surface area (TPSA) is 24.9 Å². The van der Waals surface area contributed by atoms with Crippen LogP contribution in [-0.2, 0) is 13.0 Å². The van der Waals surface area contributed by atoms with Crippen molar-refractivity contribution in [1.29, 1.82) is 0 Å². The summed E-state index contributed by atoms with van der Waals surface area (Å²) in [5.74, 6) is 0. The SMILES string of the molecule is Cc1ncccc1CNCCc1ccsc1.Cl. The molecule has 0 bridgehead atoms. The Hall–Kier alpha value is -0.900. The van der Waals surface area contributed by atoms with Gasteiger partial charge in [-0.05, 0) is 53.9 Å². The average Bonchev–Trinajstić information content (AvgIpc) is 2.79. The molecule has 1 N–H and O–H groups in total. The summed E-state index contributed by atoms with van der Waals surface area (Å²) in [4.78, 5) is 4.27. The summed E-state index contributed by atoms with van der Waals surface area (Å²) in [5, 5.41) is 7.78. The molecule has 92 valence electrons. The smallest absolute Gasteiger partial charge is 0.0417 e. The van der Waals surface area contributed by atoms with E-state index in [0.717, 1.165) is 25.2 Å². The molecule has 0 aromatic carbocycles. The molecule has 2 aromatic heterocycles. The lowest BCUT2D eigenvalue weighted by Crippen LogP contribution is -2.17. The van der Waals surface area contributed by atoms with Crippen LogP contribution in [0.3, 0.4) is 0 Å². The fraction of sp³-hybridized carbons (Fsp3) is 0.308. The fourth-order valence-corrected chi connectivity index (χ4v) is 2.30. The van der Waals surface area contributed by atoms with Gasteiger partial charge in [0.25, 0.3) is 0 Å². The predicted octanol–water partition coefficient (Wildman–Crippen LogP) is 3.21. The summed E-state index contributed by atoms with van der Waals surface area (Å²) in [6.45, 7) is 3.98. The highest BCUT2D eigenvalue weighted by Gasteiger charge is 1.97. The third-order valence-electron chi connectivity index (χ3n) is 2.60. The van der Waals surface area contributed by atoms with E-state index in [9.17, 15) is 0 Å². The van der Waals surface area contributed by atoms with E-state index in [-0.39, 0.29) is 12.4 Å². The first-order chi connectivity index (χ1) is 7.86. The summed E-state index contributed by atoms with van der Waals surface area (Å²) >= 11 is 1.76. The predicted molar refractivity (Wildman–Crippen MR) is 76.0 cm³/mol. The molecule has 0 aliphatic carbocycles. The monoisotopic (exact) mass is 268 g/mol. The van der Waals surface area contributed by atoms with Crippen molar-refractivity contribution in [2.45, 2.75) is 19.9 Å². The van der Waals surface area contributed by atoms with Gasteiger partial charge < -0.3 is 5.32 Å². The Morgan fingerprint density at radius 2 is 2.24 bits per heavy atom. The third-order valence-corrected chi connectivity index (χ3v) is 3.33. The van der Waals surface area contributed by atoms with Crippen LogP contribution >= 0.6 is 23.7 Å². The number of aryl methyl sites for hydroxylation is 1. The van der Waals surface area contributed by atoms with Crippen LogP contribution in [0.15, 0.2) is 35.2 Å². The van der Waals surface area contributed by atoms with E-state index in [2.05, 4.69) is 40.1 Å². The second-order valence-electron chi connectivity index (χ2n) is 3.81. The van der Waals surface area contributed by atoms with E-state index >= 15 is 0 Å². The lowest BCUT2D eigenvalue weighted by molar-refractivity contribution is 0.682. The minimum atomic E-state index is 0. The molecule has 0 fully saturated rings. The number of nitrogens with zero attached hydrogens (tertiary/aromatic N) is 1.